The first kappa shape index (κ1) is 27.0. The standard InChI is InChI=1S/C21H27ClN8O.2ClH/c1-20(2)9-14(10-21(3,4)28-20)29(5)19-23-11-16(25-26-19)15-7-6-13(8-17(15)31)30-12-24-18(22)27-30;;/h6-8,11-12,14,28,31H,9-10H2,1-5H3;2*1H. The van der Waals surface area contributed by atoms with E-state index in [2.05, 4.69) is 63.2 Å². The molecule has 180 valence electrons. The summed E-state index contributed by atoms with van der Waals surface area (Å²) in [5, 5.41) is 27.0. The zero-order valence-corrected chi connectivity index (χ0v) is 21.5. The maximum absolute atomic E-state index is 10.5. The summed E-state index contributed by atoms with van der Waals surface area (Å²) in [7, 11) is 2.01. The third-order valence-corrected chi connectivity index (χ3v) is 5.74. The van der Waals surface area contributed by atoms with Crippen LogP contribution in [0.5, 0.6) is 5.75 Å². The Labute approximate surface area is 210 Å². The number of piperidine rings is 1. The second kappa shape index (κ2) is 9.97. The molecule has 2 aromatic heterocycles. The Balaban J connectivity index is 0.00000193. The topological polar surface area (TPSA) is 105 Å². The van der Waals surface area contributed by atoms with Gasteiger partial charge in [-0.25, -0.2) is 14.6 Å². The average molecular weight is 516 g/mol. The fourth-order valence-corrected chi connectivity index (χ4v) is 4.63. The molecule has 1 saturated heterocycles. The molecule has 0 unspecified atom stereocenters. The van der Waals surface area contributed by atoms with Crippen LogP contribution in [0.2, 0.25) is 5.28 Å². The van der Waals surface area contributed by atoms with Crippen molar-refractivity contribution in [2.75, 3.05) is 11.9 Å². The highest BCUT2D eigenvalue weighted by molar-refractivity contribution is 6.28. The van der Waals surface area contributed by atoms with Gasteiger partial charge in [-0.1, -0.05) is 0 Å². The fourth-order valence-electron chi connectivity index (χ4n) is 4.51. The van der Waals surface area contributed by atoms with Crippen LogP contribution in [-0.2, 0) is 0 Å². The Bertz CT molecular complexity index is 1070. The Kier molecular flexibility index (Phi) is 8.17. The number of aromatic hydroxyl groups is 1. The Morgan fingerprint density at radius 3 is 2.27 bits per heavy atom. The number of hydrogen-bond acceptors (Lipinski definition) is 8. The number of hydrogen-bond donors (Lipinski definition) is 2. The number of halogens is 3. The molecule has 0 radical (unpaired) electrons. The number of nitrogens with zero attached hydrogens (tertiary/aromatic N) is 7. The van der Waals surface area contributed by atoms with E-state index in [1.165, 1.54) is 11.0 Å². The number of benzene rings is 1. The van der Waals surface area contributed by atoms with E-state index in [-0.39, 0.29) is 46.9 Å². The van der Waals surface area contributed by atoms with Gasteiger partial charge >= 0.3 is 0 Å². The smallest absolute Gasteiger partial charge is 0.245 e. The summed E-state index contributed by atoms with van der Waals surface area (Å²) in [6.45, 7) is 8.88. The molecule has 12 heteroatoms. The summed E-state index contributed by atoms with van der Waals surface area (Å²) in [5.41, 5.74) is 1.71. The fraction of sp³-hybridized carbons (Fsp3) is 0.476. The number of rotatable bonds is 4. The van der Waals surface area contributed by atoms with E-state index in [0.29, 0.717) is 28.9 Å². The zero-order valence-electron chi connectivity index (χ0n) is 19.2. The largest absolute Gasteiger partial charge is 0.507 e. The molecule has 0 saturated carbocycles. The van der Waals surface area contributed by atoms with Crippen LogP contribution in [0.25, 0.3) is 16.9 Å². The molecule has 0 bridgehead atoms. The highest BCUT2D eigenvalue weighted by atomic mass is 35.5. The first-order valence-electron chi connectivity index (χ1n) is 10.2. The van der Waals surface area contributed by atoms with E-state index >= 15 is 0 Å². The average Bonchev–Trinajstić information content (AvgIpc) is 3.11. The van der Waals surface area contributed by atoms with Crippen molar-refractivity contribution in [3.8, 4) is 22.7 Å². The van der Waals surface area contributed by atoms with Gasteiger partial charge in [0.1, 0.15) is 17.8 Å². The van der Waals surface area contributed by atoms with Gasteiger partial charge in [-0.3, -0.25) is 0 Å². The van der Waals surface area contributed by atoms with Crippen LogP contribution in [0.3, 0.4) is 0 Å². The molecular formula is C21H29Cl3N8O. The Morgan fingerprint density at radius 1 is 1.09 bits per heavy atom. The van der Waals surface area contributed by atoms with Gasteiger partial charge in [-0.05, 0) is 64.3 Å². The van der Waals surface area contributed by atoms with Crippen molar-refractivity contribution in [1.29, 1.82) is 0 Å². The molecule has 9 nitrogen and oxygen atoms in total. The van der Waals surface area contributed by atoms with Crippen LogP contribution in [0.15, 0.2) is 30.7 Å². The second-order valence-corrected chi connectivity index (χ2v) is 9.71. The van der Waals surface area contributed by atoms with Crippen LogP contribution >= 0.6 is 36.4 Å². The lowest BCUT2D eigenvalue weighted by Crippen LogP contribution is -2.62. The van der Waals surface area contributed by atoms with Gasteiger partial charge in [0, 0.05) is 35.8 Å². The summed E-state index contributed by atoms with van der Waals surface area (Å²) >= 11 is 5.77. The van der Waals surface area contributed by atoms with Crippen molar-refractivity contribution in [2.24, 2.45) is 0 Å². The van der Waals surface area contributed by atoms with Gasteiger partial charge in [0.05, 0.1) is 11.9 Å². The molecule has 0 atom stereocenters. The number of anilines is 1. The van der Waals surface area contributed by atoms with Crippen LogP contribution in [0.4, 0.5) is 5.95 Å². The predicted molar refractivity (Wildman–Crippen MR) is 134 cm³/mol. The van der Waals surface area contributed by atoms with Crippen molar-refractivity contribution in [1.82, 2.24) is 35.3 Å². The SMILES string of the molecule is CN(c1ncc(-c2ccc(-n3cnc(Cl)n3)cc2O)nn1)C1CC(C)(C)NC(C)(C)C1.Cl.Cl. The van der Waals surface area contributed by atoms with Crippen LogP contribution in [0.1, 0.15) is 40.5 Å². The third-order valence-electron chi connectivity index (χ3n) is 5.57. The monoisotopic (exact) mass is 514 g/mol. The van der Waals surface area contributed by atoms with Crippen molar-refractivity contribution in [2.45, 2.75) is 57.7 Å². The molecule has 1 aromatic carbocycles. The van der Waals surface area contributed by atoms with Gasteiger partial charge in [0.25, 0.3) is 0 Å². The van der Waals surface area contributed by atoms with Crippen LogP contribution in [0, 0.1) is 0 Å². The van der Waals surface area contributed by atoms with Crippen molar-refractivity contribution >= 4 is 42.4 Å². The molecule has 0 amide bonds. The van der Waals surface area contributed by atoms with E-state index in [1.807, 2.05) is 7.05 Å². The summed E-state index contributed by atoms with van der Waals surface area (Å²) < 4.78 is 1.48. The number of nitrogens with one attached hydrogen (secondary N) is 1. The lowest BCUT2D eigenvalue weighted by atomic mass is 9.79. The highest BCUT2D eigenvalue weighted by Crippen LogP contribution is 2.33. The molecule has 0 aliphatic carbocycles. The van der Waals surface area contributed by atoms with Crippen LogP contribution in [-0.4, -0.2) is 59.2 Å². The second-order valence-electron chi connectivity index (χ2n) is 9.37. The quantitative estimate of drug-likeness (QED) is 0.536. The summed E-state index contributed by atoms with van der Waals surface area (Å²) in [6, 6.07) is 5.40. The van der Waals surface area contributed by atoms with Crippen molar-refractivity contribution < 1.29 is 5.11 Å². The summed E-state index contributed by atoms with van der Waals surface area (Å²) in [4.78, 5) is 10.5. The molecule has 4 rings (SSSR count). The zero-order chi connectivity index (χ0) is 22.4. The van der Waals surface area contributed by atoms with E-state index in [0.717, 1.165) is 12.8 Å². The van der Waals surface area contributed by atoms with E-state index in [4.69, 9.17) is 11.6 Å². The minimum Gasteiger partial charge on any atom is -0.507 e. The molecule has 1 aliphatic heterocycles. The summed E-state index contributed by atoms with van der Waals surface area (Å²) in [5.74, 6) is 0.610. The molecular weight excluding hydrogens is 487 g/mol. The maximum atomic E-state index is 10.5. The molecule has 33 heavy (non-hydrogen) atoms. The minimum atomic E-state index is 0. The lowest BCUT2D eigenvalue weighted by Gasteiger charge is -2.48. The number of phenolic OH excluding ortho intramolecular Hbond substituents is 1. The predicted octanol–water partition coefficient (Wildman–Crippen LogP) is 4.07. The molecule has 3 heterocycles. The maximum Gasteiger partial charge on any atom is 0.245 e. The molecule has 1 aliphatic rings. The first-order valence-corrected chi connectivity index (χ1v) is 10.5. The number of phenols is 1. The van der Waals surface area contributed by atoms with Gasteiger partial charge in [-0.2, -0.15) is 0 Å². The van der Waals surface area contributed by atoms with E-state index < -0.39 is 0 Å². The van der Waals surface area contributed by atoms with Gasteiger partial charge in [-0.15, -0.1) is 40.1 Å². The third kappa shape index (κ3) is 6.03. The number of aromatic nitrogens is 6. The molecule has 3 aromatic rings. The Hall–Kier alpha value is -2.20. The van der Waals surface area contributed by atoms with E-state index in [9.17, 15) is 5.11 Å². The normalized spacial score (nSPS) is 17.0. The first-order chi connectivity index (χ1) is 14.5. The molecule has 1 fully saturated rings. The van der Waals surface area contributed by atoms with Gasteiger partial charge in [0.15, 0.2) is 0 Å². The summed E-state index contributed by atoms with van der Waals surface area (Å²) in [6.07, 6.45) is 5.07. The minimum absolute atomic E-state index is 0. The van der Waals surface area contributed by atoms with Crippen LogP contribution < -0.4 is 10.2 Å². The highest BCUT2D eigenvalue weighted by Gasteiger charge is 2.39. The lowest BCUT2D eigenvalue weighted by molar-refractivity contribution is 0.160. The van der Waals surface area contributed by atoms with E-state index in [1.54, 1.807) is 24.4 Å². The van der Waals surface area contributed by atoms with Crippen molar-refractivity contribution in [3.63, 3.8) is 0 Å². The molecule has 2 N–H and O–H groups in total. The van der Waals surface area contributed by atoms with Gasteiger partial charge in [0.2, 0.25) is 11.2 Å². The Morgan fingerprint density at radius 2 is 1.76 bits per heavy atom. The van der Waals surface area contributed by atoms with Crippen molar-refractivity contribution in [3.05, 3.63) is 36.0 Å². The van der Waals surface area contributed by atoms with Gasteiger partial charge < -0.3 is 15.3 Å². The molecule has 0 spiro atoms.